The molecule has 0 heterocycles. The number of hydrogen-bond donors (Lipinski definition) is 1. The number of methoxy groups -OCH3 is 2. The predicted octanol–water partition coefficient (Wildman–Crippen LogP) is 2.08. The Morgan fingerprint density at radius 1 is 1.30 bits per heavy atom. The summed E-state index contributed by atoms with van der Waals surface area (Å²) >= 11 is 0. The average Bonchev–Trinajstić information content (AvgIpc) is 2.46. The minimum atomic E-state index is -1.04. The molecule has 0 spiro atoms. The van der Waals surface area contributed by atoms with Gasteiger partial charge in [0.25, 0.3) is 5.91 Å². The molecular formula is C15H21NO4. The summed E-state index contributed by atoms with van der Waals surface area (Å²) in [7, 11) is 2.85. The Morgan fingerprint density at radius 3 is 2.45 bits per heavy atom. The predicted molar refractivity (Wildman–Crippen MR) is 75.9 cm³/mol. The van der Waals surface area contributed by atoms with Gasteiger partial charge in [-0.15, -0.1) is 0 Å². The first kappa shape index (κ1) is 16.0. The van der Waals surface area contributed by atoms with Crippen LogP contribution in [0.15, 0.2) is 18.2 Å². The quantitative estimate of drug-likeness (QED) is 0.838. The van der Waals surface area contributed by atoms with E-state index < -0.39 is 11.5 Å². The van der Waals surface area contributed by atoms with E-state index in [9.17, 15) is 9.59 Å². The second-order valence-corrected chi connectivity index (χ2v) is 4.82. The number of hydrogen-bond acceptors (Lipinski definition) is 4. The first-order valence-corrected chi connectivity index (χ1v) is 6.43. The summed E-state index contributed by atoms with van der Waals surface area (Å²) in [5.41, 5.74) is 0.343. The molecule has 1 unspecified atom stereocenters. The van der Waals surface area contributed by atoms with Crippen LogP contribution in [0.1, 0.15) is 36.2 Å². The van der Waals surface area contributed by atoms with E-state index in [4.69, 9.17) is 9.47 Å². The maximum Gasteiger partial charge on any atom is 0.331 e. The second kappa shape index (κ2) is 6.41. The highest BCUT2D eigenvalue weighted by molar-refractivity contribution is 5.98. The molecule has 0 aliphatic heterocycles. The van der Waals surface area contributed by atoms with Crippen LogP contribution in [0.5, 0.6) is 5.75 Å². The van der Waals surface area contributed by atoms with E-state index in [1.165, 1.54) is 7.11 Å². The highest BCUT2D eigenvalue weighted by Gasteiger charge is 2.34. The zero-order chi connectivity index (χ0) is 15.3. The summed E-state index contributed by atoms with van der Waals surface area (Å²) in [4.78, 5) is 24.0. The van der Waals surface area contributed by atoms with Crippen LogP contribution in [0, 0.1) is 6.92 Å². The summed E-state index contributed by atoms with van der Waals surface area (Å²) in [5.74, 6) is -0.167. The normalized spacial score (nSPS) is 13.2. The van der Waals surface area contributed by atoms with E-state index in [-0.39, 0.29) is 5.91 Å². The molecule has 0 radical (unpaired) electrons. The van der Waals surface area contributed by atoms with Crippen LogP contribution in [0.25, 0.3) is 0 Å². The van der Waals surface area contributed by atoms with Gasteiger partial charge in [0, 0.05) is 5.56 Å². The smallest absolute Gasteiger partial charge is 0.331 e. The third kappa shape index (κ3) is 3.29. The van der Waals surface area contributed by atoms with Gasteiger partial charge in [0.15, 0.2) is 0 Å². The van der Waals surface area contributed by atoms with Crippen LogP contribution in [0.4, 0.5) is 0 Å². The van der Waals surface area contributed by atoms with Gasteiger partial charge in [-0.25, -0.2) is 4.79 Å². The van der Waals surface area contributed by atoms with Gasteiger partial charge >= 0.3 is 5.97 Å². The van der Waals surface area contributed by atoms with Crippen LogP contribution >= 0.6 is 0 Å². The average molecular weight is 279 g/mol. The van der Waals surface area contributed by atoms with Crippen molar-refractivity contribution in [2.24, 2.45) is 0 Å². The lowest BCUT2D eigenvalue weighted by molar-refractivity contribution is -0.147. The van der Waals surface area contributed by atoms with Crippen molar-refractivity contribution < 1.29 is 19.1 Å². The number of nitrogens with one attached hydrogen (secondary N) is 1. The summed E-state index contributed by atoms with van der Waals surface area (Å²) in [6.45, 7) is 5.35. The fourth-order valence-electron chi connectivity index (χ4n) is 1.79. The monoisotopic (exact) mass is 279 g/mol. The highest BCUT2D eigenvalue weighted by Crippen LogP contribution is 2.20. The van der Waals surface area contributed by atoms with E-state index in [1.54, 1.807) is 32.2 Å². The number of ether oxygens (including phenoxy) is 2. The molecule has 1 N–H and O–H groups in total. The van der Waals surface area contributed by atoms with Crippen LogP contribution in [0.2, 0.25) is 0 Å². The largest absolute Gasteiger partial charge is 0.496 e. The molecule has 5 heteroatoms. The highest BCUT2D eigenvalue weighted by atomic mass is 16.5. The second-order valence-electron chi connectivity index (χ2n) is 4.82. The first-order valence-electron chi connectivity index (χ1n) is 6.43. The molecule has 5 nitrogen and oxygen atoms in total. The molecule has 1 rings (SSSR count). The lowest BCUT2D eigenvalue weighted by Crippen LogP contribution is -2.52. The Bertz CT molecular complexity index is 513. The SMILES string of the molecule is CCC(C)(NC(=O)c1ccc(C)c(OC)c1)C(=O)OC. The van der Waals surface area contributed by atoms with Gasteiger partial charge < -0.3 is 14.8 Å². The van der Waals surface area contributed by atoms with Crippen molar-refractivity contribution in [3.63, 3.8) is 0 Å². The van der Waals surface area contributed by atoms with E-state index >= 15 is 0 Å². The van der Waals surface area contributed by atoms with Crippen LogP contribution < -0.4 is 10.1 Å². The maximum atomic E-state index is 12.2. The van der Waals surface area contributed by atoms with Gasteiger partial charge in [0.2, 0.25) is 0 Å². The Labute approximate surface area is 119 Å². The molecule has 0 aromatic heterocycles. The van der Waals surface area contributed by atoms with Gasteiger partial charge in [-0.2, -0.15) is 0 Å². The molecule has 0 aliphatic carbocycles. The standard InChI is InChI=1S/C15H21NO4/c1-6-15(3,14(18)20-5)16-13(17)11-8-7-10(2)12(9-11)19-4/h7-9H,6H2,1-5H3,(H,16,17). The Kier molecular flexibility index (Phi) is 5.13. The summed E-state index contributed by atoms with van der Waals surface area (Å²) in [5, 5.41) is 2.71. The number of carbonyl (C=O) groups excluding carboxylic acids is 2. The van der Waals surface area contributed by atoms with Crippen LogP contribution in [-0.4, -0.2) is 31.6 Å². The summed E-state index contributed by atoms with van der Waals surface area (Å²) in [6, 6.07) is 5.15. The van der Waals surface area contributed by atoms with E-state index in [1.807, 2.05) is 13.8 Å². The molecule has 0 aliphatic rings. The number of esters is 1. The van der Waals surface area contributed by atoms with Crippen molar-refractivity contribution in [3.05, 3.63) is 29.3 Å². The zero-order valence-corrected chi connectivity index (χ0v) is 12.6. The number of amides is 1. The lowest BCUT2D eigenvalue weighted by atomic mass is 9.98. The summed E-state index contributed by atoms with van der Waals surface area (Å²) in [6.07, 6.45) is 0.439. The molecule has 0 bridgehead atoms. The number of benzene rings is 1. The van der Waals surface area contributed by atoms with Crippen molar-refractivity contribution in [2.45, 2.75) is 32.7 Å². The van der Waals surface area contributed by atoms with Crippen molar-refractivity contribution in [1.82, 2.24) is 5.32 Å². The van der Waals surface area contributed by atoms with Crippen molar-refractivity contribution in [1.29, 1.82) is 0 Å². The fourth-order valence-corrected chi connectivity index (χ4v) is 1.79. The molecular weight excluding hydrogens is 258 g/mol. The maximum absolute atomic E-state index is 12.2. The van der Waals surface area contributed by atoms with E-state index in [0.29, 0.717) is 17.7 Å². The van der Waals surface area contributed by atoms with Crippen LogP contribution in [-0.2, 0) is 9.53 Å². The zero-order valence-electron chi connectivity index (χ0n) is 12.6. The molecule has 20 heavy (non-hydrogen) atoms. The molecule has 0 fully saturated rings. The van der Waals surface area contributed by atoms with E-state index in [2.05, 4.69) is 5.32 Å². The molecule has 1 amide bonds. The molecule has 0 saturated carbocycles. The molecule has 1 aromatic carbocycles. The van der Waals surface area contributed by atoms with Crippen molar-refractivity contribution >= 4 is 11.9 Å². The van der Waals surface area contributed by atoms with Crippen molar-refractivity contribution in [3.8, 4) is 5.75 Å². The van der Waals surface area contributed by atoms with Gasteiger partial charge in [0.1, 0.15) is 11.3 Å². The number of rotatable bonds is 5. The third-order valence-electron chi connectivity index (χ3n) is 3.40. The Morgan fingerprint density at radius 2 is 1.95 bits per heavy atom. The molecule has 110 valence electrons. The van der Waals surface area contributed by atoms with Crippen molar-refractivity contribution in [2.75, 3.05) is 14.2 Å². The third-order valence-corrected chi connectivity index (χ3v) is 3.40. The Hall–Kier alpha value is -2.04. The first-order chi connectivity index (χ1) is 9.37. The van der Waals surface area contributed by atoms with Gasteiger partial charge in [-0.3, -0.25) is 4.79 Å². The van der Waals surface area contributed by atoms with Gasteiger partial charge in [0.05, 0.1) is 14.2 Å². The van der Waals surface area contributed by atoms with E-state index in [0.717, 1.165) is 5.56 Å². The van der Waals surface area contributed by atoms with Crippen LogP contribution in [0.3, 0.4) is 0 Å². The minimum absolute atomic E-state index is 0.335. The topological polar surface area (TPSA) is 64.6 Å². The number of carbonyl (C=O) groups is 2. The summed E-state index contributed by atoms with van der Waals surface area (Å²) < 4.78 is 9.92. The minimum Gasteiger partial charge on any atom is -0.496 e. The van der Waals surface area contributed by atoms with Gasteiger partial charge in [-0.1, -0.05) is 13.0 Å². The fraction of sp³-hybridized carbons (Fsp3) is 0.467. The molecule has 1 atom stereocenters. The number of aryl methyl sites for hydroxylation is 1. The molecule has 0 saturated heterocycles. The Balaban J connectivity index is 2.98. The molecule has 1 aromatic rings. The van der Waals surface area contributed by atoms with Gasteiger partial charge in [-0.05, 0) is 38.0 Å². The lowest BCUT2D eigenvalue weighted by Gasteiger charge is -2.26.